The third kappa shape index (κ3) is 3.52. The lowest BCUT2D eigenvalue weighted by Gasteiger charge is -2.04. The Morgan fingerprint density at radius 3 is 2.83 bits per heavy atom. The number of fused-ring (bicyclic) bond motifs is 1. The van der Waals surface area contributed by atoms with Crippen LogP contribution in [0.4, 0.5) is 5.69 Å². The van der Waals surface area contributed by atoms with Crippen LogP contribution in [0.15, 0.2) is 48.5 Å². The van der Waals surface area contributed by atoms with Gasteiger partial charge in [-0.25, -0.2) is 0 Å². The molecule has 2 aromatic carbocycles. The van der Waals surface area contributed by atoms with Crippen LogP contribution in [0, 0.1) is 10.1 Å². The van der Waals surface area contributed by atoms with E-state index in [1.165, 1.54) is 18.2 Å². The Morgan fingerprint density at radius 1 is 1.21 bits per heavy atom. The normalized spacial score (nSPS) is 12.3. The summed E-state index contributed by atoms with van der Waals surface area (Å²) < 4.78 is 10.5. The first kappa shape index (κ1) is 15.5. The van der Waals surface area contributed by atoms with E-state index >= 15 is 0 Å². The number of rotatable bonds is 5. The third-order valence-corrected chi connectivity index (χ3v) is 3.45. The number of nitro groups is 1. The van der Waals surface area contributed by atoms with Crippen LogP contribution in [0.5, 0.6) is 11.5 Å². The summed E-state index contributed by atoms with van der Waals surface area (Å²) in [5.41, 5.74) is 1.20. The van der Waals surface area contributed by atoms with Crippen LogP contribution in [-0.2, 0) is 11.3 Å². The second-order valence-electron chi connectivity index (χ2n) is 5.05. The van der Waals surface area contributed by atoms with Gasteiger partial charge in [0.2, 0.25) is 12.7 Å². The summed E-state index contributed by atoms with van der Waals surface area (Å²) in [6.45, 7) is 0.514. The van der Waals surface area contributed by atoms with Crippen LogP contribution in [0.2, 0.25) is 0 Å². The average Bonchev–Trinajstić information content (AvgIpc) is 3.06. The maximum absolute atomic E-state index is 11.9. The van der Waals surface area contributed by atoms with Gasteiger partial charge in [-0.15, -0.1) is 0 Å². The second kappa shape index (κ2) is 6.82. The highest BCUT2D eigenvalue weighted by atomic mass is 16.7. The zero-order valence-corrected chi connectivity index (χ0v) is 12.6. The fraction of sp³-hybridized carbons (Fsp3) is 0.118. The fourth-order valence-electron chi connectivity index (χ4n) is 2.26. The largest absolute Gasteiger partial charge is 0.454 e. The number of nitrogens with one attached hydrogen (secondary N) is 1. The molecule has 1 heterocycles. The number of benzene rings is 2. The van der Waals surface area contributed by atoms with Crippen LogP contribution in [0.1, 0.15) is 11.1 Å². The molecule has 1 N–H and O–H groups in total. The van der Waals surface area contributed by atoms with Crippen molar-refractivity contribution in [1.29, 1.82) is 0 Å². The molecule has 122 valence electrons. The zero-order valence-electron chi connectivity index (χ0n) is 12.6. The van der Waals surface area contributed by atoms with E-state index in [4.69, 9.17) is 9.47 Å². The molecule has 0 spiro atoms. The summed E-state index contributed by atoms with van der Waals surface area (Å²) in [4.78, 5) is 22.3. The number of para-hydroxylation sites is 1. The molecule has 0 saturated carbocycles. The molecule has 2 aromatic rings. The molecule has 0 aromatic heterocycles. The van der Waals surface area contributed by atoms with Crippen LogP contribution in [0.3, 0.4) is 0 Å². The molecule has 0 fully saturated rings. The molecule has 0 bridgehead atoms. The molecular weight excluding hydrogens is 312 g/mol. The van der Waals surface area contributed by atoms with E-state index in [-0.39, 0.29) is 18.4 Å². The smallest absolute Gasteiger partial charge is 0.276 e. The molecule has 0 radical (unpaired) electrons. The van der Waals surface area contributed by atoms with Gasteiger partial charge >= 0.3 is 0 Å². The van der Waals surface area contributed by atoms with Crippen molar-refractivity contribution in [1.82, 2.24) is 5.32 Å². The molecule has 7 heteroatoms. The average molecular weight is 326 g/mol. The zero-order chi connectivity index (χ0) is 16.9. The Balaban J connectivity index is 1.61. The minimum absolute atomic E-state index is 0.0441. The molecule has 1 amide bonds. The van der Waals surface area contributed by atoms with Gasteiger partial charge in [-0.2, -0.15) is 0 Å². The van der Waals surface area contributed by atoms with Crippen molar-refractivity contribution in [2.45, 2.75) is 6.54 Å². The lowest BCUT2D eigenvalue weighted by atomic mass is 10.1. The van der Waals surface area contributed by atoms with Crippen LogP contribution in [0.25, 0.3) is 6.08 Å². The van der Waals surface area contributed by atoms with Crippen molar-refractivity contribution >= 4 is 17.7 Å². The monoisotopic (exact) mass is 326 g/mol. The van der Waals surface area contributed by atoms with Crippen molar-refractivity contribution in [2.75, 3.05) is 6.79 Å². The number of carbonyl (C=O) groups is 1. The Hall–Kier alpha value is -3.35. The van der Waals surface area contributed by atoms with E-state index < -0.39 is 4.92 Å². The first-order valence-corrected chi connectivity index (χ1v) is 7.21. The van der Waals surface area contributed by atoms with Crippen molar-refractivity contribution in [3.8, 4) is 11.5 Å². The van der Waals surface area contributed by atoms with Gasteiger partial charge in [0.1, 0.15) is 0 Å². The summed E-state index contributed by atoms with van der Waals surface area (Å²) in [6, 6.07) is 11.7. The topological polar surface area (TPSA) is 90.7 Å². The van der Waals surface area contributed by atoms with Gasteiger partial charge in [-0.1, -0.05) is 18.2 Å². The van der Waals surface area contributed by atoms with Crippen molar-refractivity contribution in [3.63, 3.8) is 0 Å². The van der Waals surface area contributed by atoms with E-state index in [2.05, 4.69) is 5.32 Å². The summed E-state index contributed by atoms with van der Waals surface area (Å²) in [7, 11) is 0. The Morgan fingerprint density at radius 2 is 2.00 bits per heavy atom. The van der Waals surface area contributed by atoms with Gasteiger partial charge in [0.25, 0.3) is 5.69 Å². The van der Waals surface area contributed by atoms with E-state index in [0.717, 1.165) is 5.56 Å². The van der Waals surface area contributed by atoms with Gasteiger partial charge < -0.3 is 14.8 Å². The quantitative estimate of drug-likeness (QED) is 0.518. The summed E-state index contributed by atoms with van der Waals surface area (Å²) in [6.07, 6.45) is 2.70. The lowest BCUT2D eigenvalue weighted by Crippen LogP contribution is -2.20. The Labute approximate surface area is 137 Å². The van der Waals surface area contributed by atoms with Gasteiger partial charge in [0, 0.05) is 18.7 Å². The number of nitro benzene ring substituents is 1. The minimum atomic E-state index is -0.482. The lowest BCUT2D eigenvalue weighted by molar-refractivity contribution is -0.385. The standard InChI is InChI=1S/C17H14N2O5/c20-17(8-6-13-3-1-2-4-14(13)19(21)22)18-10-12-5-7-15-16(9-12)24-11-23-15/h1-9H,10-11H2,(H,18,20). The first-order valence-electron chi connectivity index (χ1n) is 7.21. The summed E-state index contributed by atoms with van der Waals surface area (Å²) >= 11 is 0. The SMILES string of the molecule is O=C(C=Cc1ccccc1[N+](=O)[O-])NCc1ccc2c(c1)OCO2. The van der Waals surface area contributed by atoms with Crippen molar-refractivity contribution in [2.24, 2.45) is 0 Å². The Bertz CT molecular complexity index is 816. The van der Waals surface area contributed by atoms with E-state index in [1.807, 2.05) is 6.07 Å². The van der Waals surface area contributed by atoms with E-state index in [0.29, 0.717) is 23.6 Å². The Kier molecular flexibility index (Phi) is 4.42. The highest BCUT2D eigenvalue weighted by molar-refractivity contribution is 5.92. The molecule has 1 aliphatic rings. The molecular formula is C17H14N2O5. The van der Waals surface area contributed by atoms with Gasteiger partial charge in [0.05, 0.1) is 10.5 Å². The molecule has 3 rings (SSSR count). The van der Waals surface area contributed by atoms with Crippen LogP contribution in [-0.4, -0.2) is 17.6 Å². The molecule has 1 aliphatic heterocycles. The van der Waals surface area contributed by atoms with Crippen LogP contribution >= 0.6 is 0 Å². The maximum Gasteiger partial charge on any atom is 0.276 e. The molecule has 0 aliphatic carbocycles. The molecule has 0 unspecified atom stereocenters. The fourth-order valence-corrected chi connectivity index (χ4v) is 2.26. The van der Waals surface area contributed by atoms with Gasteiger partial charge in [-0.3, -0.25) is 14.9 Å². The van der Waals surface area contributed by atoms with Crippen LogP contribution < -0.4 is 14.8 Å². The first-order chi connectivity index (χ1) is 11.6. The molecule has 0 atom stereocenters. The predicted molar refractivity (Wildman–Crippen MR) is 86.5 cm³/mol. The molecule has 7 nitrogen and oxygen atoms in total. The van der Waals surface area contributed by atoms with Gasteiger partial charge in [-0.05, 0) is 29.8 Å². The molecule has 0 saturated heterocycles. The third-order valence-electron chi connectivity index (χ3n) is 3.45. The number of carbonyl (C=O) groups excluding carboxylic acids is 1. The van der Waals surface area contributed by atoms with E-state index in [1.54, 1.807) is 30.3 Å². The minimum Gasteiger partial charge on any atom is -0.454 e. The highest BCUT2D eigenvalue weighted by Crippen LogP contribution is 2.32. The van der Waals surface area contributed by atoms with E-state index in [9.17, 15) is 14.9 Å². The maximum atomic E-state index is 11.9. The number of ether oxygens (including phenoxy) is 2. The van der Waals surface area contributed by atoms with Crippen molar-refractivity contribution in [3.05, 3.63) is 69.8 Å². The van der Waals surface area contributed by atoms with Gasteiger partial charge in [0.15, 0.2) is 11.5 Å². The second-order valence-corrected chi connectivity index (χ2v) is 5.05. The molecule has 24 heavy (non-hydrogen) atoms. The number of hydrogen-bond acceptors (Lipinski definition) is 5. The number of nitrogens with zero attached hydrogens (tertiary/aromatic N) is 1. The predicted octanol–water partition coefficient (Wildman–Crippen LogP) is 2.65. The number of amides is 1. The highest BCUT2D eigenvalue weighted by Gasteiger charge is 2.13. The number of hydrogen-bond donors (Lipinski definition) is 1. The summed E-state index contributed by atoms with van der Waals surface area (Å²) in [5.74, 6) is 0.990. The summed E-state index contributed by atoms with van der Waals surface area (Å²) in [5, 5.41) is 13.6. The van der Waals surface area contributed by atoms with Crippen molar-refractivity contribution < 1.29 is 19.2 Å².